The highest BCUT2D eigenvalue weighted by Crippen LogP contribution is 2.26. The van der Waals surface area contributed by atoms with E-state index in [0.29, 0.717) is 10.2 Å². The minimum atomic E-state index is -0.638. The van der Waals surface area contributed by atoms with Crippen molar-refractivity contribution in [1.82, 2.24) is 10.6 Å². The SMILES string of the molecule is CC(Oc1ccc(F)cc1Br)C(=O)NC1CCCNC1C. The molecule has 116 valence electrons. The van der Waals surface area contributed by atoms with E-state index in [1.807, 2.05) is 0 Å². The van der Waals surface area contributed by atoms with E-state index in [-0.39, 0.29) is 23.8 Å². The Balaban J connectivity index is 1.92. The van der Waals surface area contributed by atoms with Crippen molar-refractivity contribution in [2.45, 2.75) is 44.9 Å². The second-order valence-electron chi connectivity index (χ2n) is 5.33. The molecular weight excluding hydrogens is 339 g/mol. The van der Waals surface area contributed by atoms with Gasteiger partial charge in [-0.1, -0.05) is 0 Å². The quantitative estimate of drug-likeness (QED) is 0.869. The van der Waals surface area contributed by atoms with Crippen LogP contribution in [0.15, 0.2) is 22.7 Å². The molecule has 1 amide bonds. The summed E-state index contributed by atoms with van der Waals surface area (Å²) >= 11 is 3.23. The Kier molecular flexibility index (Phi) is 5.58. The van der Waals surface area contributed by atoms with Crippen LogP contribution in [-0.2, 0) is 4.79 Å². The second kappa shape index (κ2) is 7.22. The topological polar surface area (TPSA) is 50.4 Å². The molecule has 0 saturated carbocycles. The van der Waals surface area contributed by atoms with Crippen LogP contribution in [0, 0.1) is 5.82 Å². The number of nitrogens with one attached hydrogen (secondary N) is 2. The van der Waals surface area contributed by atoms with Gasteiger partial charge in [0.2, 0.25) is 0 Å². The van der Waals surface area contributed by atoms with Crippen LogP contribution in [0.5, 0.6) is 5.75 Å². The molecule has 4 nitrogen and oxygen atoms in total. The molecule has 1 saturated heterocycles. The van der Waals surface area contributed by atoms with Gasteiger partial charge in [0, 0.05) is 12.1 Å². The highest BCUT2D eigenvalue weighted by Gasteiger charge is 2.25. The van der Waals surface area contributed by atoms with Gasteiger partial charge in [0.15, 0.2) is 6.10 Å². The lowest BCUT2D eigenvalue weighted by Crippen LogP contribution is -2.54. The molecule has 0 bridgehead atoms. The Morgan fingerprint density at radius 3 is 3.00 bits per heavy atom. The summed E-state index contributed by atoms with van der Waals surface area (Å²) in [5.74, 6) is -0.0610. The van der Waals surface area contributed by atoms with E-state index in [2.05, 4.69) is 33.5 Å². The minimum Gasteiger partial charge on any atom is -0.480 e. The number of hydrogen-bond acceptors (Lipinski definition) is 3. The Hall–Kier alpha value is -1.14. The number of carbonyl (C=O) groups is 1. The summed E-state index contributed by atoms with van der Waals surface area (Å²) in [6.45, 7) is 4.74. The van der Waals surface area contributed by atoms with Crippen molar-refractivity contribution in [3.8, 4) is 5.75 Å². The van der Waals surface area contributed by atoms with Crippen LogP contribution in [0.3, 0.4) is 0 Å². The van der Waals surface area contributed by atoms with Gasteiger partial charge in [-0.15, -0.1) is 0 Å². The Morgan fingerprint density at radius 2 is 2.33 bits per heavy atom. The lowest BCUT2D eigenvalue weighted by atomic mass is 10.00. The average molecular weight is 359 g/mol. The van der Waals surface area contributed by atoms with Gasteiger partial charge in [-0.05, 0) is 67.4 Å². The molecule has 1 heterocycles. The molecule has 21 heavy (non-hydrogen) atoms. The molecular formula is C15H20BrFN2O2. The fraction of sp³-hybridized carbons (Fsp3) is 0.533. The molecule has 1 aromatic rings. The van der Waals surface area contributed by atoms with Gasteiger partial charge in [0.25, 0.3) is 5.91 Å². The summed E-state index contributed by atoms with van der Waals surface area (Å²) in [6.07, 6.45) is 1.38. The summed E-state index contributed by atoms with van der Waals surface area (Å²) in [5, 5.41) is 6.34. The summed E-state index contributed by atoms with van der Waals surface area (Å²) < 4.78 is 19.1. The third kappa shape index (κ3) is 4.41. The largest absolute Gasteiger partial charge is 0.480 e. The van der Waals surface area contributed by atoms with Gasteiger partial charge >= 0.3 is 0 Å². The van der Waals surface area contributed by atoms with Gasteiger partial charge < -0.3 is 15.4 Å². The highest BCUT2D eigenvalue weighted by atomic mass is 79.9. The smallest absolute Gasteiger partial charge is 0.261 e. The first-order valence-electron chi connectivity index (χ1n) is 7.13. The van der Waals surface area contributed by atoms with Gasteiger partial charge in [-0.25, -0.2) is 4.39 Å². The van der Waals surface area contributed by atoms with Crippen LogP contribution in [0.25, 0.3) is 0 Å². The van der Waals surface area contributed by atoms with E-state index >= 15 is 0 Å². The zero-order valence-corrected chi connectivity index (χ0v) is 13.7. The Labute approximate surface area is 132 Å². The molecule has 0 spiro atoms. The third-order valence-electron chi connectivity index (χ3n) is 3.66. The summed E-state index contributed by atoms with van der Waals surface area (Å²) in [6, 6.07) is 4.50. The zero-order chi connectivity index (χ0) is 15.4. The molecule has 1 aliphatic rings. The maximum Gasteiger partial charge on any atom is 0.261 e. The first-order valence-corrected chi connectivity index (χ1v) is 7.92. The molecule has 2 N–H and O–H groups in total. The predicted molar refractivity (Wildman–Crippen MR) is 82.8 cm³/mol. The van der Waals surface area contributed by atoms with Gasteiger partial charge in [0.05, 0.1) is 4.47 Å². The molecule has 1 fully saturated rings. The van der Waals surface area contributed by atoms with Crippen LogP contribution in [-0.4, -0.2) is 30.6 Å². The number of piperidine rings is 1. The number of ether oxygens (including phenoxy) is 1. The Bertz CT molecular complexity index is 512. The fourth-order valence-corrected chi connectivity index (χ4v) is 2.80. The van der Waals surface area contributed by atoms with Crippen molar-refractivity contribution >= 4 is 21.8 Å². The van der Waals surface area contributed by atoms with Gasteiger partial charge in [-0.2, -0.15) is 0 Å². The van der Waals surface area contributed by atoms with Crippen molar-refractivity contribution in [2.75, 3.05) is 6.54 Å². The number of halogens is 2. The second-order valence-corrected chi connectivity index (χ2v) is 6.19. The van der Waals surface area contributed by atoms with Crippen molar-refractivity contribution in [3.63, 3.8) is 0 Å². The molecule has 0 aliphatic carbocycles. The van der Waals surface area contributed by atoms with Crippen LogP contribution < -0.4 is 15.4 Å². The van der Waals surface area contributed by atoms with E-state index in [1.54, 1.807) is 6.92 Å². The molecule has 1 aromatic carbocycles. The summed E-state index contributed by atoms with van der Waals surface area (Å²) in [5.41, 5.74) is 0. The summed E-state index contributed by atoms with van der Waals surface area (Å²) in [7, 11) is 0. The van der Waals surface area contributed by atoms with Crippen molar-refractivity contribution in [3.05, 3.63) is 28.5 Å². The van der Waals surface area contributed by atoms with E-state index in [9.17, 15) is 9.18 Å². The van der Waals surface area contributed by atoms with Crippen LogP contribution in [0.1, 0.15) is 26.7 Å². The summed E-state index contributed by atoms with van der Waals surface area (Å²) in [4.78, 5) is 12.2. The lowest BCUT2D eigenvalue weighted by Gasteiger charge is -2.31. The fourth-order valence-electron chi connectivity index (χ4n) is 2.36. The molecule has 1 aliphatic heterocycles. The minimum absolute atomic E-state index is 0.119. The number of hydrogen-bond donors (Lipinski definition) is 2. The molecule has 2 rings (SSSR count). The van der Waals surface area contributed by atoms with E-state index in [0.717, 1.165) is 19.4 Å². The average Bonchev–Trinajstić information content (AvgIpc) is 2.44. The van der Waals surface area contributed by atoms with Crippen molar-refractivity contribution in [1.29, 1.82) is 0 Å². The number of carbonyl (C=O) groups excluding carboxylic acids is 1. The third-order valence-corrected chi connectivity index (χ3v) is 4.28. The Morgan fingerprint density at radius 1 is 1.57 bits per heavy atom. The molecule has 3 atom stereocenters. The highest BCUT2D eigenvalue weighted by molar-refractivity contribution is 9.10. The van der Waals surface area contributed by atoms with E-state index < -0.39 is 6.10 Å². The van der Waals surface area contributed by atoms with Gasteiger partial charge in [0.1, 0.15) is 11.6 Å². The first-order chi connectivity index (χ1) is 9.97. The van der Waals surface area contributed by atoms with Crippen LogP contribution in [0.2, 0.25) is 0 Å². The molecule has 6 heteroatoms. The van der Waals surface area contributed by atoms with Crippen LogP contribution >= 0.6 is 15.9 Å². The monoisotopic (exact) mass is 358 g/mol. The normalized spacial score (nSPS) is 23.4. The van der Waals surface area contributed by atoms with Crippen molar-refractivity contribution < 1.29 is 13.9 Å². The first kappa shape index (κ1) is 16.2. The van der Waals surface area contributed by atoms with Crippen LogP contribution in [0.4, 0.5) is 4.39 Å². The number of amides is 1. The maximum atomic E-state index is 13.0. The van der Waals surface area contributed by atoms with Crippen molar-refractivity contribution in [2.24, 2.45) is 0 Å². The van der Waals surface area contributed by atoms with Gasteiger partial charge in [-0.3, -0.25) is 4.79 Å². The predicted octanol–water partition coefficient (Wildman–Crippen LogP) is 2.61. The number of benzene rings is 1. The molecule has 3 unspecified atom stereocenters. The lowest BCUT2D eigenvalue weighted by molar-refractivity contribution is -0.128. The van der Waals surface area contributed by atoms with E-state index in [4.69, 9.17) is 4.74 Å². The zero-order valence-electron chi connectivity index (χ0n) is 12.2. The maximum absolute atomic E-state index is 13.0. The molecule has 0 radical (unpaired) electrons. The standard InChI is InChI=1S/C15H20BrFN2O2/c1-9-13(4-3-7-18-9)19-15(20)10(2)21-14-6-5-11(17)8-12(14)16/h5-6,8-10,13,18H,3-4,7H2,1-2H3,(H,19,20). The van der Waals surface area contributed by atoms with E-state index in [1.165, 1.54) is 18.2 Å². The molecule has 0 aromatic heterocycles. The number of rotatable bonds is 4.